The van der Waals surface area contributed by atoms with Gasteiger partial charge in [-0.1, -0.05) is 6.92 Å². The molecule has 16 heavy (non-hydrogen) atoms. The molecule has 90 valence electrons. The van der Waals surface area contributed by atoms with Gasteiger partial charge >= 0.3 is 0 Å². The average Bonchev–Trinajstić information content (AvgIpc) is 2.27. The highest BCUT2D eigenvalue weighted by atomic mass is 16.2. The zero-order chi connectivity index (χ0) is 12.0. The second kappa shape index (κ2) is 6.09. The maximum Gasteiger partial charge on any atom is 0.263 e. The van der Waals surface area contributed by atoms with Gasteiger partial charge in [0.15, 0.2) is 0 Å². The van der Waals surface area contributed by atoms with Gasteiger partial charge in [-0.2, -0.15) is 5.10 Å². The lowest BCUT2D eigenvalue weighted by atomic mass is 10.3. The number of amides is 1. The topological polar surface area (TPSA) is 74.3 Å². The van der Waals surface area contributed by atoms with Gasteiger partial charge in [0.05, 0.1) is 0 Å². The minimum Gasteiger partial charge on any atom is -0.368 e. The van der Waals surface area contributed by atoms with Crippen molar-refractivity contribution in [1.29, 1.82) is 0 Å². The number of hydrogen-bond donors (Lipinski definition) is 1. The minimum absolute atomic E-state index is 0.0368. The maximum atomic E-state index is 11.7. The van der Waals surface area contributed by atoms with E-state index in [1.54, 1.807) is 11.2 Å². The highest BCUT2D eigenvalue weighted by molar-refractivity contribution is 5.86. The number of hydrogen-bond acceptors (Lipinski definition) is 3. The summed E-state index contributed by atoms with van der Waals surface area (Å²) in [5.74, 6) is 0.307. The SMILES string of the molecule is CCCN(/C(N)=N/CC)N1N=CCCC1=O. The molecule has 1 heterocycles. The largest absolute Gasteiger partial charge is 0.368 e. The number of nitrogens with zero attached hydrogens (tertiary/aromatic N) is 4. The molecule has 1 rings (SSSR count). The number of rotatable bonds is 4. The number of guanidine groups is 1. The molecule has 1 aliphatic rings. The van der Waals surface area contributed by atoms with Crippen molar-refractivity contribution in [2.45, 2.75) is 33.1 Å². The first kappa shape index (κ1) is 12.5. The zero-order valence-corrected chi connectivity index (χ0v) is 9.89. The Kier molecular flexibility index (Phi) is 4.75. The van der Waals surface area contributed by atoms with E-state index in [1.165, 1.54) is 5.12 Å². The van der Waals surface area contributed by atoms with Gasteiger partial charge in [-0.05, 0) is 19.8 Å². The molecule has 1 aliphatic heterocycles. The number of carbonyl (C=O) groups excluding carboxylic acids is 1. The third-order valence-electron chi connectivity index (χ3n) is 2.15. The predicted octanol–water partition coefficient (Wildman–Crippen LogP) is 0.556. The highest BCUT2D eigenvalue weighted by Crippen LogP contribution is 2.09. The Morgan fingerprint density at radius 2 is 2.44 bits per heavy atom. The number of hydrazone groups is 1. The van der Waals surface area contributed by atoms with Gasteiger partial charge in [-0.3, -0.25) is 9.79 Å². The van der Waals surface area contributed by atoms with E-state index in [-0.39, 0.29) is 5.91 Å². The van der Waals surface area contributed by atoms with Crippen LogP contribution >= 0.6 is 0 Å². The third-order valence-corrected chi connectivity index (χ3v) is 2.15. The van der Waals surface area contributed by atoms with Crippen LogP contribution in [0.3, 0.4) is 0 Å². The van der Waals surface area contributed by atoms with Crippen LogP contribution in [0, 0.1) is 0 Å². The molecule has 0 aromatic rings. The summed E-state index contributed by atoms with van der Waals surface area (Å²) in [4.78, 5) is 15.8. The maximum absolute atomic E-state index is 11.7. The molecule has 1 amide bonds. The van der Waals surface area contributed by atoms with E-state index in [2.05, 4.69) is 10.1 Å². The van der Waals surface area contributed by atoms with Crippen LogP contribution in [0.5, 0.6) is 0 Å². The summed E-state index contributed by atoms with van der Waals surface area (Å²) >= 11 is 0. The van der Waals surface area contributed by atoms with Crippen LogP contribution in [0.4, 0.5) is 0 Å². The number of aliphatic imine (C=N–C) groups is 1. The molecule has 0 spiro atoms. The first-order valence-electron chi connectivity index (χ1n) is 5.63. The van der Waals surface area contributed by atoms with Crippen LogP contribution in [0.1, 0.15) is 33.1 Å². The fourth-order valence-corrected chi connectivity index (χ4v) is 1.45. The van der Waals surface area contributed by atoms with Crippen LogP contribution in [0.15, 0.2) is 10.1 Å². The molecule has 0 aromatic carbocycles. The Labute approximate surface area is 95.8 Å². The summed E-state index contributed by atoms with van der Waals surface area (Å²) in [6, 6.07) is 0. The van der Waals surface area contributed by atoms with E-state index in [9.17, 15) is 4.79 Å². The van der Waals surface area contributed by atoms with Crippen molar-refractivity contribution in [2.75, 3.05) is 13.1 Å². The van der Waals surface area contributed by atoms with Crippen molar-refractivity contribution in [2.24, 2.45) is 15.8 Å². The first-order valence-corrected chi connectivity index (χ1v) is 5.63. The van der Waals surface area contributed by atoms with Crippen LogP contribution < -0.4 is 5.73 Å². The van der Waals surface area contributed by atoms with Crippen LogP contribution in [-0.4, -0.2) is 41.3 Å². The van der Waals surface area contributed by atoms with Gasteiger partial charge in [0.25, 0.3) is 5.91 Å². The Morgan fingerprint density at radius 1 is 1.69 bits per heavy atom. The predicted molar refractivity (Wildman–Crippen MR) is 63.7 cm³/mol. The lowest BCUT2D eigenvalue weighted by Crippen LogP contribution is -2.51. The molecule has 0 saturated heterocycles. The highest BCUT2D eigenvalue weighted by Gasteiger charge is 2.23. The van der Waals surface area contributed by atoms with Crippen molar-refractivity contribution >= 4 is 18.1 Å². The van der Waals surface area contributed by atoms with Crippen molar-refractivity contribution in [3.8, 4) is 0 Å². The third kappa shape index (κ3) is 2.95. The lowest BCUT2D eigenvalue weighted by molar-refractivity contribution is -0.143. The van der Waals surface area contributed by atoms with Crippen molar-refractivity contribution in [1.82, 2.24) is 10.1 Å². The summed E-state index contributed by atoms with van der Waals surface area (Å²) in [6.07, 6.45) is 3.77. The second-order valence-electron chi connectivity index (χ2n) is 3.48. The molecule has 2 N–H and O–H groups in total. The molecule has 6 heteroatoms. The number of carbonyl (C=O) groups is 1. The van der Waals surface area contributed by atoms with Gasteiger partial charge < -0.3 is 5.73 Å². The van der Waals surface area contributed by atoms with E-state index >= 15 is 0 Å². The van der Waals surface area contributed by atoms with Crippen LogP contribution in [-0.2, 0) is 4.79 Å². The minimum atomic E-state index is -0.0368. The Hall–Kier alpha value is -1.59. The number of nitrogens with two attached hydrogens (primary N) is 1. The monoisotopic (exact) mass is 225 g/mol. The fraction of sp³-hybridized carbons (Fsp3) is 0.700. The second-order valence-corrected chi connectivity index (χ2v) is 3.48. The molecule has 0 radical (unpaired) electrons. The fourth-order valence-electron chi connectivity index (χ4n) is 1.45. The van der Waals surface area contributed by atoms with Crippen molar-refractivity contribution in [3.63, 3.8) is 0 Å². The molecule has 6 nitrogen and oxygen atoms in total. The normalized spacial score (nSPS) is 16.8. The Balaban J connectivity index is 2.83. The molecule has 0 saturated carbocycles. The molecule has 0 aromatic heterocycles. The van der Waals surface area contributed by atoms with E-state index in [1.807, 2.05) is 13.8 Å². The molecule has 0 bridgehead atoms. The summed E-state index contributed by atoms with van der Waals surface area (Å²) in [6.45, 7) is 5.15. The van der Waals surface area contributed by atoms with E-state index < -0.39 is 0 Å². The van der Waals surface area contributed by atoms with Gasteiger partial charge in [0.1, 0.15) is 0 Å². The standard InChI is InChI=1S/C10H19N5O/c1-3-8-14(10(11)12-4-2)15-9(16)6-5-7-13-15/h7H,3-6,8H2,1-2H3,(H2,11,12). The summed E-state index contributed by atoms with van der Waals surface area (Å²) in [5, 5.41) is 7.00. The quantitative estimate of drug-likeness (QED) is 0.561. The van der Waals surface area contributed by atoms with E-state index in [4.69, 9.17) is 5.73 Å². The average molecular weight is 225 g/mol. The van der Waals surface area contributed by atoms with E-state index in [0.29, 0.717) is 31.9 Å². The molecule has 0 fully saturated rings. The van der Waals surface area contributed by atoms with Crippen molar-refractivity contribution in [3.05, 3.63) is 0 Å². The van der Waals surface area contributed by atoms with E-state index in [0.717, 1.165) is 6.42 Å². The molecular weight excluding hydrogens is 206 g/mol. The summed E-state index contributed by atoms with van der Waals surface area (Å²) in [7, 11) is 0. The lowest BCUT2D eigenvalue weighted by Gasteiger charge is -2.32. The van der Waals surface area contributed by atoms with Crippen LogP contribution in [0.2, 0.25) is 0 Å². The summed E-state index contributed by atoms with van der Waals surface area (Å²) in [5.41, 5.74) is 5.82. The molecule has 0 unspecified atom stereocenters. The van der Waals surface area contributed by atoms with Gasteiger partial charge in [-0.25, -0.2) is 5.01 Å². The summed E-state index contributed by atoms with van der Waals surface area (Å²) < 4.78 is 0. The zero-order valence-electron chi connectivity index (χ0n) is 9.89. The molecule has 0 aliphatic carbocycles. The first-order chi connectivity index (χ1) is 7.70. The van der Waals surface area contributed by atoms with Crippen molar-refractivity contribution < 1.29 is 4.79 Å². The molecular formula is C10H19N5O. The van der Waals surface area contributed by atoms with Crippen LogP contribution in [0.25, 0.3) is 0 Å². The Morgan fingerprint density at radius 3 is 3.00 bits per heavy atom. The van der Waals surface area contributed by atoms with Gasteiger partial charge in [0.2, 0.25) is 5.96 Å². The molecule has 0 atom stereocenters. The number of hydrazine groups is 1. The van der Waals surface area contributed by atoms with Gasteiger partial charge in [-0.15, -0.1) is 5.12 Å². The van der Waals surface area contributed by atoms with Gasteiger partial charge in [0, 0.05) is 25.7 Å². The smallest absolute Gasteiger partial charge is 0.263 e. The Bertz CT molecular complexity index is 300.